The van der Waals surface area contributed by atoms with Gasteiger partial charge in [0.2, 0.25) is 0 Å². The molecule has 1 fully saturated rings. The lowest BCUT2D eigenvalue weighted by Gasteiger charge is -2.38. The van der Waals surface area contributed by atoms with Gasteiger partial charge in [0.15, 0.2) is 11.3 Å². The van der Waals surface area contributed by atoms with E-state index in [-0.39, 0.29) is 11.5 Å². The van der Waals surface area contributed by atoms with E-state index in [9.17, 15) is 0 Å². The summed E-state index contributed by atoms with van der Waals surface area (Å²) in [6, 6.07) is 3.65. The van der Waals surface area contributed by atoms with E-state index < -0.39 is 0 Å². The molecular weight excluding hydrogens is 300 g/mol. The van der Waals surface area contributed by atoms with Gasteiger partial charge in [-0.1, -0.05) is 5.22 Å². The van der Waals surface area contributed by atoms with Crippen LogP contribution in [0.15, 0.2) is 22.7 Å². The highest BCUT2D eigenvalue weighted by Gasteiger charge is 2.28. The molecule has 0 bridgehead atoms. The van der Waals surface area contributed by atoms with Crippen molar-refractivity contribution < 1.29 is 0 Å². The highest BCUT2D eigenvalue weighted by atomic mass is 32.1. The minimum atomic E-state index is 0.0972. The standard InChI is InChI=1S/C13H18N8S/c1-9-8-22-13(16-9)10-7-20(6-5-19(10)2)12-4-3-11(14)21(17-12)18-15/h3-4,8,10,14-15H,5-7H2,1-2H3. The number of aryl methyl sites for hydroxylation is 1. The number of likely N-dealkylation sites (N-methyl/N-ethyl adjacent to an activating group) is 1. The van der Waals surface area contributed by atoms with Crippen LogP contribution in [0.3, 0.4) is 0 Å². The summed E-state index contributed by atoms with van der Waals surface area (Å²) in [5.74, 6) is 0.735. The summed E-state index contributed by atoms with van der Waals surface area (Å²) in [5, 5.41) is 18.3. The summed E-state index contributed by atoms with van der Waals surface area (Å²) in [4.78, 5) is 10.1. The van der Waals surface area contributed by atoms with Gasteiger partial charge in [-0.05, 0) is 26.1 Å². The van der Waals surface area contributed by atoms with Gasteiger partial charge >= 0.3 is 0 Å². The Morgan fingerprint density at radius 3 is 2.86 bits per heavy atom. The van der Waals surface area contributed by atoms with Crippen LogP contribution in [0.5, 0.6) is 0 Å². The molecule has 0 spiro atoms. The molecule has 1 unspecified atom stereocenters. The van der Waals surface area contributed by atoms with Crippen LogP contribution in [-0.4, -0.2) is 46.5 Å². The minimum Gasteiger partial charge on any atom is -0.352 e. The van der Waals surface area contributed by atoms with Crippen molar-refractivity contribution in [3.63, 3.8) is 0 Å². The Morgan fingerprint density at radius 1 is 1.36 bits per heavy atom. The van der Waals surface area contributed by atoms with E-state index in [0.29, 0.717) is 0 Å². The molecule has 116 valence electrons. The zero-order valence-corrected chi connectivity index (χ0v) is 13.3. The second kappa shape index (κ2) is 5.93. The molecule has 3 rings (SSSR count). The predicted molar refractivity (Wildman–Crippen MR) is 83.1 cm³/mol. The number of nitrogens with one attached hydrogen (secondary N) is 2. The smallest absolute Gasteiger partial charge is 0.168 e. The van der Waals surface area contributed by atoms with E-state index >= 15 is 0 Å². The summed E-state index contributed by atoms with van der Waals surface area (Å²) in [5.41, 5.74) is 8.22. The SMILES string of the molecule is Cc1csc(C2CN(c3ccc(=N)n(N=N)n3)CCN2C)n1. The molecule has 2 N–H and O–H groups in total. The molecule has 2 aromatic heterocycles. The number of thiazole rings is 1. The first-order valence-electron chi connectivity index (χ1n) is 6.98. The van der Waals surface area contributed by atoms with Gasteiger partial charge in [-0.2, -0.15) is 5.53 Å². The lowest BCUT2D eigenvalue weighted by atomic mass is 10.2. The molecule has 0 aliphatic carbocycles. The van der Waals surface area contributed by atoms with Gasteiger partial charge in [-0.25, -0.2) is 4.98 Å². The molecule has 0 aromatic carbocycles. The first-order chi connectivity index (χ1) is 10.6. The second-order valence-corrected chi connectivity index (χ2v) is 6.23. The van der Waals surface area contributed by atoms with Crippen molar-refractivity contribution in [2.24, 2.45) is 5.22 Å². The molecule has 1 aliphatic rings. The number of hydrogen-bond donors (Lipinski definition) is 2. The van der Waals surface area contributed by atoms with Crippen molar-refractivity contribution in [1.82, 2.24) is 19.8 Å². The lowest BCUT2D eigenvalue weighted by Crippen LogP contribution is -2.47. The summed E-state index contributed by atoms with van der Waals surface area (Å²) in [6.07, 6.45) is 0. The normalized spacial score (nSPS) is 19.4. The highest BCUT2D eigenvalue weighted by Crippen LogP contribution is 2.28. The molecule has 1 aliphatic heterocycles. The third-order valence-electron chi connectivity index (χ3n) is 3.79. The van der Waals surface area contributed by atoms with Gasteiger partial charge < -0.3 is 4.90 Å². The van der Waals surface area contributed by atoms with Crippen LogP contribution in [0.25, 0.3) is 0 Å². The van der Waals surface area contributed by atoms with Crippen LogP contribution in [0.4, 0.5) is 5.82 Å². The fraction of sp³-hybridized carbons (Fsp3) is 0.462. The van der Waals surface area contributed by atoms with E-state index in [1.54, 1.807) is 23.5 Å². The van der Waals surface area contributed by atoms with Crippen LogP contribution in [0, 0.1) is 17.9 Å². The van der Waals surface area contributed by atoms with Crippen molar-refractivity contribution >= 4 is 17.2 Å². The van der Waals surface area contributed by atoms with Crippen molar-refractivity contribution in [2.45, 2.75) is 13.0 Å². The van der Waals surface area contributed by atoms with E-state index in [0.717, 1.165) is 40.9 Å². The number of rotatable bonds is 3. The Kier molecular flexibility index (Phi) is 3.99. The average Bonchev–Trinajstić information content (AvgIpc) is 2.95. The molecular formula is C13H18N8S. The Morgan fingerprint density at radius 2 is 2.18 bits per heavy atom. The predicted octanol–water partition coefficient (Wildman–Crippen LogP) is 1.41. The highest BCUT2D eigenvalue weighted by molar-refractivity contribution is 7.09. The maximum Gasteiger partial charge on any atom is 0.168 e. The lowest BCUT2D eigenvalue weighted by molar-refractivity contribution is 0.219. The molecule has 1 atom stereocenters. The molecule has 1 saturated heterocycles. The van der Waals surface area contributed by atoms with Gasteiger partial charge in [0.1, 0.15) is 5.01 Å². The maximum absolute atomic E-state index is 7.64. The molecule has 9 heteroatoms. The fourth-order valence-electron chi connectivity index (χ4n) is 2.52. The van der Waals surface area contributed by atoms with Gasteiger partial charge in [-0.3, -0.25) is 10.3 Å². The Labute approximate surface area is 132 Å². The quantitative estimate of drug-likeness (QED) is 0.836. The van der Waals surface area contributed by atoms with E-state index in [1.807, 2.05) is 6.92 Å². The average molecular weight is 318 g/mol. The number of anilines is 1. The van der Waals surface area contributed by atoms with E-state index in [2.05, 4.69) is 37.5 Å². The van der Waals surface area contributed by atoms with Crippen LogP contribution in [-0.2, 0) is 0 Å². The van der Waals surface area contributed by atoms with Crippen LogP contribution < -0.4 is 10.4 Å². The fourth-order valence-corrected chi connectivity index (χ4v) is 3.48. The Balaban J connectivity index is 1.86. The zero-order valence-electron chi connectivity index (χ0n) is 12.5. The number of piperazine rings is 1. The van der Waals surface area contributed by atoms with Gasteiger partial charge in [0.25, 0.3) is 0 Å². The third kappa shape index (κ3) is 2.77. The van der Waals surface area contributed by atoms with Crippen LogP contribution in [0.2, 0.25) is 0 Å². The molecule has 0 radical (unpaired) electrons. The summed E-state index contributed by atoms with van der Waals surface area (Å²) >= 11 is 1.68. The molecule has 0 amide bonds. The van der Waals surface area contributed by atoms with Crippen molar-refractivity contribution in [1.29, 1.82) is 10.9 Å². The maximum atomic E-state index is 7.64. The van der Waals surface area contributed by atoms with Crippen molar-refractivity contribution in [3.8, 4) is 0 Å². The zero-order chi connectivity index (χ0) is 15.7. The topological polar surface area (TPSA) is 97.2 Å². The molecule has 3 heterocycles. The minimum absolute atomic E-state index is 0.0972. The van der Waals surface area contributed by atoms with E-state index in [1.165, 1.54) is 0 Å². The third-order valence-corrected chi connectivity index (χ3v) is 4.86. The summed E-state index contributed by atoms with van der Waals surface area (Å²) in [7, 11) is 2.11. The molecule has 2 aromatic rings. The summed E-state index contributed by atoms with van der Waals surface area (Å²) < 4.78 is 0. The van der Waals surface area contributed by atoms with Crippen LogP contribution in [0.1, 0.15) is 16.7 Å². The van der Waals surface area contributed by atoms with Crippen LogP contribution >= 0.6 is 11.3 Å². The first kappa shape index (κ1) is 14.8. The number of nitrogens with zero attached hydrogens (tertiary/aromatic N) is 6. The largest absolute Gasteiger partial charge is 0.352 e. The van der Waals surface area contributed by atoms with Gasteiger partial charge in [-0.15, -0.1) is 21.2 Å². The molecule has 22 heavy (non-hydrogen) atoms. The van der Waals surface area contributed by atoms with Gasteiger partial charge in [0, 0.05) is 30.7 Å². The second-order valence-electron chi connectivity index (χ2n) is 5.34. The molecule has 0 saturated carbocycles. The molecule has 8 nitrogen and oxygen atoms in total. The summed E-state index contributed by atoms with van der Waals surface area (Å²) in [6.45, 7) is 4.55. The Bertz CT molecular complexity index is 736. The van der Waals surface area contributed by atoms with Crippen molar-refractivity contribution in [2.75, 3.05) is 31.6 Å². The first-order valence-corrected chi connectivity index (χ1v) is 7.86. The van der Waals surface area contributed by atoms with Crippen molar-refractivity contribution in [3.05, 3.63) is 33.7 Å². The Hall–Kier alpha value is -2.13. The number of hydrogen-bond acceptors (Lipinski definition) is 8. The monoisotopic (exact) mass is 318 g/mol. The van der Waals surface area contributed by atoms with E-state index in [4.69, 9.17) is 10.9 Å². The van der Waals surface area contributed by atoms with Gasteiger partial charge in [0.05, 0.1) is 6.04 Å². The number of aromatic nitrogens is 3.